The summed E-state index contributed by atoms with van der Waals surface area (Å²) in [6.07, 6.45) is 13.4. The Morgan fingerprint density at radius 2 is 1.21 bits per heavy atom. The number of rotatable bonds is 24. The number of hydrogen-bond acceptors (Lipinski definition) is 10. The quantitative estimate of drug-likeness (QED) is 0.0578. The monoisotopic (exact) mass is 598 g/mol. The molecule has 0 aliphatic rings. The zero-order valence-corrected chi connectivity index (χ0v) is 29.8. The van der Waals surface area contributed by atoms with E-state index in [1.165, 1.54) is 24.6 Å². The predicted molar refractivity (Wildman–Crippen MR) is 137 cm³/mol. The maximum atomic E-state index is 12.0. The zero-order valence-electron chi connectivity index (χ0n) is 24.0. The number of ether oxygens (including phenoxy) is 2. The molecule has 0 aliphatic heterocycles. The number of carbonyl (C=O) groups is 3. The van der Waals surface area contributed by atoms with Gasteiger partial charge >= 0.3 is 71.1 Å². The number of thioether (sulfide) groups is 1. The summed E-state index contributed by atoms with van der Waals surface area (Å²) in [5.41, 5.74) is 0. The van der Waals surface area contributed by atoms with Gasteiger partial charge in [0.05, 0.1) is 14.4 Å². The van der Waals surface area contributed by atoms with Crippen LogP contribution in [0.15, 0.2) is 0 Å². The van der Waals surface area contributed by atoms with E-state index < -0.39 is 32.5 Å². The maximum absolute atomic E-state index is 12.0. The molecule has 0 amide bonds. The molecule has 0 rings (SSSR count). The van der Waals surface area contributed by atoms with Crippen LogP contribution in [-0.4, -0.2) is 42.1 Å². The van der Waals surface area contributed by atoms with E-state index in [2.05, 4.69) is 11.4 Å². The van der Waals surface area contributed by atoms with Gasteiger partial charge in [0.15, 0.2) is 11.2 Å². The van der Waals surface area contributed by atoms with Crippen LogP contribution >= 0.6 is 19.6 Å². The van der Waals surface area contributed by atoms with E-state index in [1.54, 1.807) is 6.92 Å². The van der Waals surface area contributed by atoms with Crippen LogP contribution in [-0.2, 0) is 32.9 Å². The molecule has 0 aliphatic carbocycles. The van der Waals surface area contributed by atoms with Crippen molar-refractivity contribution in [3.63, 3.8) is 0 Å². The number of hydrogen-bond donors (Lipinski definition) is 0. The molecule has 0 heterocycles. The molecule has 0 aromatic rings. The normalized spacial score (nSPS) is 11.7. The van der Waals surface area contributed by atoms with Crippen molar-refractivity contribution < 1.29 is 102 Å². The second kappa shape index (κ2) is 29.6. The Balaban J connectivity index is -0.00000612. The van der Waals surface area contributed by atoms with Gasteiger partial charge in [0.2, 0.25) is 0 Å². The summed E-state index contributed by atoms with van der Waals surface area (Å²) < 4.78 is 25.3. The molecule has 0 saturated carbocycles. The zero-order chi connectivity index (χ0) is 27.1. The van der Waals surface area contributed by atoms with Crippen molar-refractivity contribution in [1.29, 1.82) is 0 Å². The first-order valence-electron chi connectivity index (χ1n) is 13.3. The Hall–Kier alpha value is 1.07. The van der Waals surface area contributed by atoms with Crippen molar-refractivity contribution >= 4 is 36.6 Å². The molecule has 9 nitrogen and oxygen atoms in total. The molecule has 0 N–H and O–H groups in total. The Kier molecular flexibility index (Phi) is 33.9. The first-order chi connectivity index (χ1) is 17.1. The minimum absolute atomic E-state index is 0. The van der Waals surface area contributed by atoms with E-state index >= 15 is 0 Å². The third-order valence-corrected chi connectivity index (χ3v) is 6.83. The SMILES string of the molecule is CCCCCCCC(=O)O[C@H](COC(=O)CCCCCCCCCCCSC(C)=O)COP(=O)([O-])[O-].[Na+].[Na+]. The molecule has 212 valence electrons. The van der Waals surface area contributed by atoms with E-state index in [0.29, 0.717) is 12.8 Å². The standard InChI is InChI=1S/C25H47O9PS.2Na/c1-3-4-5-11-15-18-25(28)34-23(21-33-35(29,30)31)20-32-24(27)17-14-12-9-7-6-8-10-13-16-19-36-22(2)26;;/h23H,3-21H2,1-2H3,(H2,29,30,31);;/q;2*+1/p-2/t23-;;/m1../s1. The Morgan fingerprint density at radius 1 is 0.737 bits per heavy atom. The molecule has 0 aromatic heterocycles. The molecular formula is C25H45Na2O9PS. The molecule has 13 heteroatoms. The van der Waals surface area contributed by atoms with Gasteiger partial charge in [-0.3, -0.25) is 14.4 Å². The van der Waals surface area contributed by atoms with Crippen LogP contribution in [0.5, 0.6) is 0 Å². The molecular weight excluding hydrogens is 553 g/mol. The molecule has 38 heavy (non-hydrogen) atoms. The number of phosphoric ester groups is 1. The van der Waals surface area contributed by atoms with Gasteiger partial charge in [-0.25, -0.2) is 0 Å². The van der Waals surface area contributed by atoms with Crippen LogP contribution in [0.25, 0.3) is 0 Å². The number of carbonyl (C=O) groups excluding carboxylic acids is 3. The summed E-state index contributed by atoms with van der Waals surface area (Å²) in [5, 5.41) is 0.176. The van der Waals surface area contributed by atoms with Crippen molar-refractivity contribution in [3.8, 4) is 0 Å². The summed E-state index contributed by atoms with van der Waals surface area (Å²) in [4.78, 5) is 56.4. The van der Waals surface area contributed by atoms with Crippen LogP contribution in [0.1, 0.15) is 117 Å². The molecule has 0 unspecified atom stereocenters. The topological polar surface area (TPSA) is 142 Å². The van der Waals surface area contributed by atoms with Crippen molar-refractivity contribution in [2.45, 2.75) is 123 Å². The van der Waals surface area contributed by atoms with E-state index in [9.17, 15) is 28.7 Å². The van der Waals surface area contributed by atoms with Crippen LogP contribution < -0.4 is 68.9 Å². The third-order valence-electron chi connectivity index (χ3n) is 5.46. The van der Waals surface area contributed by atoms with Gasteiger partial charge in [-0.1, -0.05) is 89.3 Å². The van der Waals surface area contributed by atoms with Crippen molar-refractivity contribution in [2.75, 3.05) is 19.0 Å². The predicted octanol–water partition coefficient (Wildman–Crippen LogP) is -1.16. The minimum Gasteiger partial charge on any atom is -0.790 e. The number of esters is 2. The van der Waals surface area contributed by atoms with Crippen LogP contribution in [0.4, 0.5) is 0 Å². The van der Waals surface area contributed by atoms with Crippen LogP contribution in [0.2, 0.25) is 0 Å². The third kappa shape index (κ3) is 33.3. The second-order valence-electron chi connectivity index (χ2n) is 8.97. The number of phosphoric acid groups is 1. The molecule has 0 bridgehead atoms. The van der Waals surface area contributed by atoms with Crippen LogP contribution in [0, 0.1) is 0 Å². The second-order valence-corrected chi connectivity index (χ2v) is 11.4. The average Bonchev–Trinajstić information content (AvgIpc) is 2.80. The van der Waals surface area contributed by atoms with E-state index in [0.717, 1.165) is 70.0 Å². The van der Waals surface area contributed by atoms with Gasteiger partial charge < -0.3 is 28.3 Å². The van der Waals surface area contributed by atoms with Gasteiger partial charge in [-0.2, -0.15) is 0 Å². The van der Waals surface area contributed by atoms with E-state index in [4.69, 9.17) is 9.47 Å². The summed E-state index contributed by atoms with van der Waals surface area (Å²) in [7, 11) is -5.23. The van der Waals surface area contributed by atoms with Crippen molar-refractivity contribution in [3.05, 3.63) is 0 Å². The Bertz CT molecular complexity index is 650. The molecule has 1 atom stereocenters. The fourth-order valence-electron chi connectivity index (χ4n) is 3.49. The molecule has 0 radical (unpaired) electrons. The molecule has 0 fully saturated rings. The smallest absolute Gasteiger partial charge is 0.790 e. The maximum Gasteiger partial charge on any atom is 1.00 e. The molecule has 0 aromatic carbocycles. The molecule has 0 spiro atoms. The van der Waals surface area contributed by atoms with Gasteiger partial charge in [0.1, 0.15) is 6.61 Å². The summed E-state index contributed by atoms with van der Waals surface area (Å²) in [5.74, 6) is -0.108. The van der Waals surface area contributed by atoms with Crippen molar-refractivity contribution in [2.24, 2.45) is 0 Å². The summed E-state index contributed by atoms with van der Waals surface area (Å²) in [6.45, 7) is 2.66. The first kappa shape index (κ1) is 43.5. The summed E-state index contributed by atoms with van der Waals surface area (Å²) >= 11 is 1.38. The van der Waals surface area contributed by atoms with E-state index in [-0.39, 0.29) is 83.7 Å². The fraction of sp³-hybridized carbons (Fsp3) is 0.880. The van der Waals surface area contributed by atoms with Crippen molar-refractivity contribution in [1.82, 2.24) is 0 Å². The van der Waals surface area contributed by atoms with Gasteiger partial charge in [-0.15, -0.1) is 0 Å². The van der Waals surface area contributed by atoms with E-state index in [1.807, 2.05) is 0 Å². The number of unbranched alkanes of at least 4 members (excludes halogenated alkanes) is 12. The van der Waals surface area contributed by atoms with Gasteiger partial charge in [-0.05, 0) is 19.3 Å². The van der Waals surface area contributed by atoms with Gasteiger partial charge in [0, 0.05) is 25.5 Å². The fourth-order valence-corrected chi connectivity index (χ4v) is 4.48. The largest absolute Gasteiger partial charge is 1.00 e. The Morgan fingerprint density at radius 3 is 1.71 bits per heavy atom. The average molecular weight is 599 g/mol. The Labute approximate surface area is 277 Å². The van der Waals surface area contributed by atoms with Crippen LogP contribution in [0.3, 0.4) is 0 Å². The molecule has 0 saturated heterocycles. The summed E-state index contributed by atoms with van der Waals surface area (Å²) in [6, 6.07) is 0. The first-order valence-corrected chi connectivity index (χ1v) is 15.7. The van der Waals surface area contributed by atoms with Gasteiger partial charge in [0.25, 0.3) is 0 Å². The minimum atomic E-state index is -5.23.